The van der Waals surface area contributed by atoms with Crippen molar-refractivity contribution in [2.45, 2.75) is 17.1 Å². The highest BCUT2D eigenvalue weighted by Gasteiger charge is 2.25. The molecule has 0 N–H and O–H groups in total. The molecule has 1 heterocycles. The van der Waals surface area contributed by atoms with Gasteiger partial charge < -0.3 is 14.2 Å². The lowest BCUT2D eigenvalue weighted by molar-refractivity contribution is 0.172. The van der Waals surface area contributed by atoms with Crippen LogP contribution in [-0.4, -0.2) is 13.9 Å². The Bertz CT molecular complexity index is 668. The summed E-state index contributed by atoms with van der Waals surface area (Å²) in [5.74, 6) is 3.27. The van der Waals surface area contributed by atoms with Crippen LogP contribution in [0.1, 0.15) is 11.1 Å². The van der Waals surface area contributed by atoms with Crippen LogP contribution >= 0.6 is 11.8 Å². The number of methoxy groups -OCH3 is 1. The molecule has 0 bridgehead atoms. The van der Waals surface area contributed by atoms with E-state index in [4.69, 9.17) is 14.2 Å². The first-order valence-corrected chi connectivity index (χ1v) is 8.09. The molecule has 0 radical (unpaired) electrons. The Morgan fingerprint density at radius 3 is 2.82 bits per heavy atom. The minimum absolute atomic E-state index is 0.259. The number of thioether (sulfide) groups is 1. The van der Waals surface area contributed by atoms with E-state index >= 15 is 0 Å². The lowest BCUT2D eigenvalue weighted by Crippen LogP contribution is -1.96. The molecule has 2 aromatic carbocycles. The molecule has 0 atom stereocenters. The largest absolute Gasteiger partial charge is 0.495 e. The zero-order valence-electron chi connectivity index (χ0n) is 12.5. The van der Waals surface area contributed by atoms with E-state index < -0.39 is 0 Å². The topological polar surface area (TPSA) is 27.7 Å². The van der Waals surface area contributed by atoms with Crippen LogP contribution in [0.5, 0.6) is 17.2 Å². The van der Waals surface area contributed by atoms with E-state index in [1.807, 2.05) is 30.3 Å². The summed E-state index contributed by atoms with van der Waals surface area (Å²) in [7, 11) is 1.69. The molecule has 0 amide bonds. The number of benzene rings is 2. The van der Waals surface area contributed by atoms with Crippen molar-refractivity contribution in [3.63, 3.8) is 0 Å². The molecule has 0 aromatic heterocycles. The summed E-state index contributed by atoms with van der Waals surface area (Å²) in [5.41, 5.74) is 2.33. The van der Waals surface area contributed by atoms with Gasteiger partial charge in [-0.25, -0.2) is 0 Å². The molecule has 22 heavy (non-hydrogen) atoms. The third-order valence-electron chi connectivity index (χ3n) is 3.45. The van der Waals surface area contributed by atoms with Gasteiger partial charge in [-0.05, 0) is 18.1 Å². The van der Waals surface area contributed by atoms with Crippen LogP contribution in [0, 0.1) is 0 Å². The van der Waals surface area contributed by atoms with Crippen LogP contribution in [0.4, 0.5) is 0 Å². The van der Waals surface area contributed by atoms with Gasteiger partial charge in [0.05, 0.1) is 12.0 Å². The van der Waals surface area contributed by atoms with Crippen LogP contribution in [0.15, 0.2) is 53.9 Å². The minimum Gasteiger partial charge on any atom is -0.495 e. The number of hydrogen-bond donors (Lipinski definition) is 0. The van der Waals surface area contributed by atoms with Crippen molar-refractivity contribution >= 4 is 11.8 Å². The van der Waals surface area contributed by atoms with Gasteiger partial charge >= 0.3 is 0 Å². The highest BCUT2D eigenvalue weighted by atomic mass is 32.2. The Hall–Kier alpha value is -2.07. The zero-order valence-corrected chi connectivity index (χ0v) is 13.3. The molecular weight excluding hydrogens is 296 g/mol. The van der Waals surface area contributed by atoms with Crippen molar-refractivity contribution in [2.75, 3.05) is 13.9 Å². The Balaban J connectivity index is 1.95. The predicted molar refractivity (Wildman–Crippen MR) is 89.0 cm³/mol. The van der Waals surface area contributed by atoms with E-state index in [2.05, 4.69) is 18.7 Å². The van der Waals surface area contributed by atoms with Crippen LogP contribution in [0.3, 0.4) is 0 Å². The quantitative estimate of drug-likeness (QED) is 0.582. The highest BCUT2D eigenvalue weighted by Crippen LogP contribution is 2.49. The first-order chi connectivity index (χ1) is 10.8. The molecule has 0 spiro atoms. The molecule has 0 saturated heterocycles. The SMILES string of the molecule is C=CCc1cc2c(c(SCc3ccccc3)c1OC)OCO2. The van der Waals surface area contributed by atoms with E-state index in [-0.39, 0.29) is 6.79 Å². The minimum atomic E-state index is 0.259. The molecule has 114 valence electrons. The predicted octanol–water partition coefficient (Wildman–Crippen LogP) is 4.44. The average molecular weight is 314 g/mol. The van der Waals surface area contributed by atoms with Crippen molar-refractivity contribution in [3.8, 4) is 17.2 Å². The molecule has 2 aromatic rings. The molecule has 3 rings (SSSR count). The summed E-state index contributed by atoms with van der Waals surface area (Å²) in [6.45, 7) is 4.07. The fourth-order valence-electron chi connectivity index (χ4n) is 2.44. The molecule has 1 aliphatic heterocycles. The molecule has 0 aliphatic carbocycles. The number of rotatable bonds is 6. The fourth-order valence-corrected chi connectivity index (χ4v) is 3.58. The highest BCUT2D eigenvalue weighted by molar-refractivity contribution is 7.98. The number of allylic oxidation sites excluding steroid dienone is 1. The van der Waals surface area contributed by atoms with E-state index in [9.17, 15) is 0 Å². The average Bonchev–Trinajstić information content (AvgIpc) is 3.01. The van der Waals surface area contributed by atoms with E-state index in [0.717, 1.165) is 39.9 Å². The fraction of sp³-hybridized carbons (Fsp3) is 0.222. The second-order valence-corrected chi connectivity index (χ2v) is 5.88. The summed E-state index contributed by atoms with van der Waals surface area (Å²) < 4.78 is 16.8. The Labute approximate surface area is 134 Å². The van der Waals surface area contributed by atoms with Gasteiger partial charge in [-0.2, -0.15) is 0 Å². The summed E-state index contributed by atoms with van der Waals surface area (Å²) in [5, 5.41) is 0. The maximum atomic E-state index is 5.64. The third-order valence-corrected chi connectivity index (χ3v) is 4.58. The van der Waals surface area contributed by atoms with Gasteiger partial charge in [0.1, 0.15) is 5.75 Å². The second-order valence-electron chi connectivity index (χ2n) is 4.90. The van der Waals surface area contributed by atoms with Crippen LogP contribution in [0.25, 0.3) is 0 Å². The maximum absolute atomic E-state index is 5.64. The van der Waals surface area contributed by atoms with Crippen LogP contribution < -0.4 is 14.2 Å². The smallest absolute Gasteiger partial charge is 0.231 e. The van der Waals surface area contributed by atoms with Gasteiger partial charge in [0.25, 0.3) is 0 Å². The normalized spacial score (nSPS) is 12.2. The molecular formula is C18H18O3S. The monoisotopic (exact) mass is 314 g/mol. The first kappa shape index (κ1) is 14.9. The Morgan fingerprint density at radius 1 is 1.27 bits per heavy atom. The van der Waals surface area contributed by atoms with Crippen LogP contribution in [-0.2, 0) is 12.2 Å². The molecule has 0 unspecified atom stereocenters. The van der Waals surface area contributed by atoms with Crippen molar-refractivity contribution in [2.24, 2.45) is 0 Å². The van der Waals surface area contributed by atoms with Crippen molar-refractivity contribution in [1.82, 2.24) is 0 Å². The van der Waals surface area contributed by atoms with Gasteiger partial charge in [0, 0.05) is 11.3 Å². The lowest BCUT2D eigenvalue weighted by atomic mass is 10.1. The molecule has 1 aliphatic rings. The third kappa shape index (κ3) is 2.92. The molecule has 0 fully saturated rings. The molecule has 3 nitrogen and oxygen atoms in total. The Morgan fingerprint density at radius 2 is 2.09 bits per heavy atom. The summed E-state index contributed by atoms with van der Waals surface area (Å²) in [6.07, 6.45) is 2.60. The lowest BCUT2D eigenvalue weighted by Gasteiger charge is -2.15. The van der Waals surface area contributed by atoms with Gasteiger partial charge in [0.2, 0.25) is 6.79 Å². The van der Waals surface area contributed by atoms with Gasteiger partial charge in [0.15, 0.2) is 11.5 Å². The Kier molecular flexibility index (Phi) is 4.59. The summed E-state index contributed by atoms with van der Waals surface area (Å²) >= 11 is 1.71. The van der Waals surface area contributed by atoms with Gasteiger partial charge in [-0.3, -0.25) is 0 Å². The van der Waals surface area contributed by atoms with Crippen molar-refractivity contribution in [3.05, 3.63) is 60.2 Å². The van der Waals surface area contributed by atoms with Gasteiger partial charge in [-0.1, -0.05) is 36.4 Å². The summed E-state index contributed by atoms with van der Waals surface area (Å²) in [6, 6.07) is 12.3. The van der Waals surface area contributed by atoms with Crippen molar-refractivity contribution < 1.29 is 14.2 Å². The second kappa shape index (κ2) is 6.79. The molecule has 4 heteroatoms. The zero-order chi connectivity index (χ0) is 15.4. The van der Waals surface area contributed by atoms with Crippen molar-refractivity contribution in [1.29, 1.82) is 0 Å². The first-order valence-electron chi connectivity index (χ1n) is 7.10. The van der Waals surface area contributed by atoms with Gasteiger partial charge in [-0.15, -0.1) is 18.3 Å². The van der Waals surface area contributed by atoms with Crippen LogP contribution in [0.2, 0.25) is 0 Å². The number of ether oxygens (including phenoxy) is 3. The standard InChI is InChI=1S/C18H18O3S/c1-3-7-14-10-15-17(21-12-20-15)18(16(14)19-2)22-11-13-8-5-4-6-9-13/h3-6,8-10H,1,7,11-12H2,2H3. The van der Waals surface area contributed by atoms with E-state index in [1.54, 1.807) is 18.9 Å². The van der Waals surface area contributed by atoms with E-state index in [1.165, 1.54) is 5.56 Å². The van der Waals surface area contributed by atoms with E-state index in [0.29, 0.717) is 0 Å². The summed E-state index contributed by atoms with van der Waals surface area (Å²) in [4.78, 5) is 0.998. The maximum Gasteiger partial charge on any atom is 0.231 e. The number of fused-ring (bicyclic) bond motifs is 1. The number of hydrogen-bond acceptors (Lipinski definition) is 4. The molecule has 0 saturated carbocycles.